The Kier molecular flexibility index (Phi) is 3.87. The molecule has 2 fully saturated rings. The van der Waals surface area contributed by atoms with Crippen molar-refractivity contribution in [2.75, 3.05) is 46.8 Å². The van der Waals surface area contributed by atoms with E-state index in [1.54, 1.807) is 0 Å². The van der Waals surface area contributed by atoms with Gasteiger partial charge in [-0.05, 0) is 39.8 Å². The van der Waals surface area contributed by atoms with Crippen LogP contribution in [0.1, 0.15) is 25.7 Å². The lowest BCUT2D eigenvalue weighted by molar-refractivity contribution is -0.138. The van der Waals surface area contributed by atoms with Crippen molar-refractivity contribution in [3.63, 3.8) is 0 Å². The highest BCUT2D eigenvalue weighted by atomic mass is 16.2. The van der Waals surface area contributed by atoms with Crippen LogP contribution in [0, 0.1) is 5.92 Å². The van der Waals surface area contributed by atoms with Crippen LogP contribution in [0.25, 0.3) is 0 Å². The highest BCUT2D eigenvalue weighted by molar-refractivity contribution is 5.79. The number of hydrogen-bond acceptors (Lipinski definition) is 3. The van der Waals surface area contributed by atoms with Crippen LogP contribution in [-0.4, -0.2) is 73.0 Å². The number of carbonyl (C=O) groups excluding carboxylic acids is 1. The second-order valence-corrected chi connectivity index (χ2v) is 6.85. The quantitative estimate of drug-likeness (QED) is 0.674. The fraction of sp³-hybridized carbons (Fsp3) is 0.812. The number of rotatable bonds is 1. The summed E-state index contributed by atoms with van der Waals surface area (Å²) in [6.45, 7) is 5.34. The van der Waals surface area contributed by atoms with E-state index in [0.717, 1.165) is 58.4 Å². The topological polar surface area (TPSA) is 26.8 Å². The monoisotopic (exact) mass is 277 g/mol. The van der Waals surface area contributed by atoms with Crippen molar-refractivity contribution < 1.29 is 4.79 Å². The minimum Gasteiger partial charge on any atom is -0.342 e. The van der Waals surface area contributed by atoms with E-state index in [1.165, 1.54) is 0 Å². The molecule has 20 heavy (non-hydrogen) atoms. The van der Waals surface area contributed by atoms with Crippen molar-refractivity contribution in [2.24, 2.45) is 5.92 Å². The number of carbonyl (C=O) groups is 1. The minimum atomic E-state index is 0.232. The summed E-state index contributed by atoms with van der Waals surface area (Å²) in [5.74, 6) is 0.618. The van der Waals surface area contributed by atoms with E-state index < -0.39 is 0 Å². The largest absolute Gasteiger partial charge is 0.342 e. The Bertz CT molecular complexity index is 391. The first kappa shape index (κ1) is 14.1. The van der Waals surface area contributed by atoms with E-state index >= 15 is 0 Å². The van der Waals surface area contributed by atoms with Crippen molar-refractivity contribution in [3.05, 3.63) is 12.2 Å². The van der Waals surface area contributed by atoms with Crippen LogP contribution < -0.4 is 0 Å². The van der Waals surface area contributed by atoms with Gasteiger partial charge in [-0.25, -0.2) is 0 Å². The van der Waals surface area contributed by atoms with Crippen LogP contribution in [0.2, 0.25) is 0 Å². The third-order valence-electron chi connectivity index (χ3n) is 5.55. The number of hydrogen-bond donors (Lipinski definition) is 0. The van der Waals surface area contributed by atoms with Gasteiger partial charge in [0.25, 0.3) is 0 Å². The van der Waals surface area contributed by atoms with Crippen molar-refractivity contribution in [2.45, 2.75) is 31.2 Å². The number of likely N-dealkylation sites (N-methyl/N-ethyl adjacent to an activating group) is 2. The molecular weight excluding hydrogens is 250 g/mol. The van der Waals surface area contributed by atoms with Gasteiger partial charge in [0.2, 0.25) is 5.91 Å². The van der Waals surface area contributed by atoms with Gasteiger partial charge in [0.05, 0.1) is 0 Å². The molecule has 2 saturated heterocycles. The molecule has 2 aliphatic heterocycles. The van der Waals surface area contributed by atoms with Crippen LogP contribution in [0.5, 0.6) is 0 Å². The number of likely N-dealkylation sites (tertiary alicyclic amines) is 1. The normalized spacial score (nSPS) is 28.4. The Morgan fingerprint density at radius 3 is 2.35 bits per heavy atom. The Morgan fingerprint density at radius 1 is 1.05 bits per heavy atom. The van der Waals surface area contributed by atoms with Gasteiger partial charge in [0, 0.05) is 44.2 Å². The average molecular weight is 277 g/mol. The number of nitrogens with zero attached hydrogens (tertiary/aromatic N) is 3. The third kappa shape index (κ3) is 2.51. The summed E-state index contributed by atoms with van der Waals surface area (Å²) in [7, 11) is 4.47. The van der Waals surface area contributed by atoms with Crippen LogP contribution in [0.4, 0.5) is 0 Å². The molecule has 0 aromatic rings. The highest BCUT2D eigenvalue weighted by Crippen LogP contribution is 2.32. The van der Waals surface area contributed by atoms with Crippen LogP contribution in [0.3, 0.4) is 0 Å². The highest BCUT2D eigenvalue weighted by Gasteiger charge is 2.42. The second kappa shape index (κ2) is 5.49. The summed E-state index contributed by atoms with van der Waals surface area (Å²) in [4.78, 5) is 19.6. The van der Waals surface area contributed by atoms with Crippen LogP contribution in [-0.2, 0) is 4.79 Å². The smallest absolute Gasteiger partial charge is 0.226 e. The summed E-state index contributed by atoms with van der Waals surface area (Å²) in [5, 5.41) is 0. The first-order chi connectivity index (χ1) is 9.61. The zero-order valence-electron chi connectivity index (χ0n) is 12.8. The summed E-state index contributed by atoms with van der Waals surface area (Å²) in [6.07, 6.45) is 8.45. The molecule has 0 saturated carbocycles. The lowest BCUT2D eigenvalue weighted by Crippen LogP contribution is -2.64. The van der Waals surface area contributed by atoms with Gasteiger partial charge < -0.3 is 9.80 Å². The molecule has 1 spiro atoms. The van der Waals surface area contributed by atoms with Gasteiger partial charge in [-0.1, -0.05) is 12.2 Å². The molecule has 1 aliphatic carbocycles. The van der Waals surface area contributed by atoms with E-state index in [-0.39, 0.29) is 5.92 Å². The SMILES string of the molecule is CN1CCN(C)C2(CCN(C(=O)C3CC=CC3)CC2)C1. The zero-order chi connectivity index (χ0) is 14.2. The standard InChI is InChI=1S/C16H27N3O/c1-17-11-12-18(2)16(13-17)7-9-19(10-8-16)15(20)14-5-3-4-6-14/h3-4,14H,5-13H2,1-2H3. The van der Waals surface area contributed by atoms with Gasteiger partial charge in [-0.3, -0.25) is 9.69 Å². The van der Waals surface area contributed by atoms with E-state index in [9.17, 15) is 4.79 Å². The van der Waals surface area contributed by atoms with E-state index in [2.05, 4.69) is 40.9 Å². The first-order valence-electron chi connectivity index (χ1n) is 7.94. The molecule has 2 heterocycles. The maximum absolute atomic E-state index is 12.5. The van der Waals surface area contributed by atoms with Crippen molar-refractivity contribution in [3.8, 4) is 0 Å². The summed E-state index contributed by atoms with van der Waals surface area (Å²) < 4.78 is 0. The van der Waals surface area contributed by atoms with Gasteiger partial charge in [0.15, 0.2) is 0 Å². The molecule has 4 heteroatoms. The van der Waals surface area contributed by atoms with Crippen molar-refractivity contribution in [1.29, 1.82) is 0 Å². The van der Waals surface area contributed by atoms with Gasteiger partial charge >= 0.3 is 0 Å². The number of allylic oxidation sites excluding steroid dienone is 2. The van der Waals surface area contributed by atoms with Crippen LogP contribution in [0.15, 0.2) is 12.2 Å². The van der Waals surface area contributed by atoms with E-state index in [4.69, 9.17) is 0 Å². The summed E-state index contributed by atoms with van der Waals surface area (Å²) >= 11 is 0. The number of amides is 1. The molecule has 1 amide bonds. The van der Waals surface area contributed by atoms with E-state index in [1.807, 2.05) is 0 Å². The Balaban J connectivity index is 1.59. The van der Waals surface area contributed by atoms with Crippen molar-refractivity contribution in [1.82, 2.24) is 14.7 Å². The first-order valence-corrected chi connectivity index (χ1v) is 7.94. The van der Waals surface area contributed by atoms with Gasteiger partial charge in [0.1, 0.15) is 0 Å². The predicted molar refractivity (Wildman–Crippen MR) is 80.5 cm³/mol. The zero-order valence-corrected chi connectivity index (χ0v) is 12.8. The van der Waals surface area contributed by atoms with Crippen LogP contribution >= 0.6 is 0 Å². The minimum absolute atomic E-state index is 0.232. The molecule has 0 N–H and O–H groups in total. The van der Waals surface area contributed by atoms with E-state index in [0.29, 0.717) is 11.4 Å². The number of piperazine rings is 1. The molecule has 0 aromatic heterocycles. The molecule has 3 rings (SSSR count). The Morgan fingerprint density at radius 2 is 1.70 bits per heavy atom. The molecule has 4 nitrogen and oxygen atoms in total. The molecule has 3 aliphatic rings. The fourth-order valence-electron chi connectivity index (χ4n) is 4.02. The molecule has 0 atom stereocenters. The molecule has 0 aromatic carbocycles. The number of piperidine rings is 1. The van der Waals surface area contributed by atoms with Gasteiger partial charge in [-0.15, -0.1) is 0 Å². The molecular formula is C16H27N3O. The maximum Gasteiger partial charge on any atom is 0.226 e. The average Bonchev–Trinajstić information content (AvgIpc) is 2.98. The third-order valence-corrected chi connectivity index (χ3v) is 5.55. The summed E-state index contributed by atoms with van der Waals surface area (Å²) in [6, 6.07) is 0. The summed E-state index contributed by atoms with van der Waals surface area (Å²) in [5.41, 5.74) is 0.303. The molecule has 0 radical (unpaired) electrons. The second-order valence-electron chi connectivity index (χ2n) is 6.85. The Labute approximate surface area is 122 Å². The van der Waals surface area contributed by atoms with Crippen molar-refractivity contribution >= 4 is 5.91 Å². The predicted octanol–water partition coefficient (Wildman–Crippen LogP) is 1.19. The Hall–Kier alpha value is -0.870. The lowest BCUT2D eigenvalue weighted by atomic mass is 9.83. The molecule has 0 bridgehead atoms. The van der Waals surface area contributed by atoms with Gasteiger partial charge in [-0.2, -0.15) is 0 Å². The molecule has 112 valence electrons. The lowest BCUT2D eigenvalue weighted by Gasteiger charge is -2.52. The maximum atomic E-state index is 12.5. The fourth-order valence-corrected chi connectivity index (χ4v) is 4.02. The molecule has 0 unspecified atom stereocenters.